The summed E-state index contributed by atoms with van der Waals surface area (Å²) in [6, 6.07) is 5.79. The van der Waals surface area contributed by atoms with Crippen molar-refractivity contribution in [1.29, 1.82) is 0 Å². The van der Waals surface area contributed by atoms with Gasteiger partial charge in [0.25, 0.3) is 5.89 Å². The third-order valence-electron chi connectivity index (χ3n) is 2.41. The van der Waals surface area contributed by atoms with E-state index in [0.717, 1.165) is 0 Å². The van der Waals surface area contributed by atoms with E-state index >= 15 is 0 Å². The molecule has 0 radical (unpaired) electrons. The highest BCUT2D eigenvalue weighted by Gasteiger charge is 2.08. The maximum atomic E-state index is 5.70. The van der Waals surface area contributed by atoms with Gasteiger partial charge in [-0.1, -0.05) is 11.2 Å². The lowest BCUT2D eigenvalue weighted by Gasteiger charge is -2.07. The number of rotatable bonds is 5. The molecule has 0 aliphatic carbocycles. The minimum atomic E-state index is 0.264. The molecule has 2 aromatic heterocycles. The summed E-state index contributed by atoms with van der Waals surface area (Å²) in [4.78, 5) is 12.6. The Kier molecular flexibility index (Phi) is 4.65. The lowest BCUT2D eigenvalue weighted by Crippen LogP contribution is -2.36. The largest absolute Gasteiger partial charge is 0.370 e. The lowest BCUT2D eigenvalue weighted by molar-refractivity contribution is 0.421. The zero-order valence-electron chi connectivity index (χ0n) is 11.6. The van der Waals surface area contributed by atoms with Gasteiger partial charge in [-0.25, -0.2) is 0 Å². The van der Waals surface area contributed by atoms with E-state index < -0.39 is 0 Å². The maximum absolute atomic E-state index is 5.70. The molecule has 7 heteroatoms. The topological polar surface area (TPSA) is 102 Å². The predicted octanol–water partition coefficient (Wildman–Crippen LogP) is 0.987. The lowest BCUT2D eigenvalue weighted by atomic mass is 10.3. The molecule has 0 bridgehead atoms. The first kappa shape index (κ1) is 14.0. The van der Waals surface area contributed by atoms with Gasteiger partial charge in [0.2, 0.25) is 0 Å². The minimum Gasteiger partial charge on any atom is -0.370 e. The van der Waals surface area contributed by atoms with E-state index in [0.29, 0.717) is 36.3 Å². The smallest absolute Gasteiger partial charge is 0.276 e. The van der Waals surface area contributed by atoms with E-state index in [1.54, 1.807) is 6.20 Å². The number of nitrogens with one attached hydrogen (secondary N) is 1. The SMILES string of the molecule is CC(C)NC(N)=NCCc1noc(-c2ccccn2)n1. The Balaban J connectivity index is 1.91. The summed E-state index contributed by atoms with van der Waals surface area (Å²) in [5.74, 6) is 1.43. The summed E-state index contributed by atoms with van der Waals surface area (Å²) in [7, 11) is 0. The fourth-order valence-electron chi connectivity index (χ4n) is 1.57. The zero-order chi connectivity index (χ0) is 14.4. The van der Waals surface area contributed by atoms with Crippen molar-refractivity contribution in [3.05, 3.63) is 30.2 Å². The molecule has 0 unspecified atom stereocenters. The average molecular weight is 274 g/mol. The third-order valence-corrected chi connectivity index (χ3v) is 2.41. The van der Waals surface area contributed by atoms with Crippen LogP contribution >= 0.6 is 0 Å². The molecular formula is C13H18N6O. The Morgan fingerprint density at radius 3 is 3.00 bits per heavy atom. The van der Waals surface area contributed by atoms with E-state index in [4.69, 9.17) is 10.3 Å². The van der Waals surface area contributed by atoms with Crippen molar-refractivity contribution in [3.63, 3.8) is 0 Å². The highest BCUT2D eigenvalue weighted by Crippen LogP contribution is 2.13. The van der Waals surface area contributed by atoms with Crippen molar-refractivity contribution in [2.45, 2.75) is 26.3 Å². The number of pyridine rings is 1. The number of aliphatic imine (C=N–C) groups is 1. The van der Waals surface area contributed by atoms with Gasteiger partial charge in [0.15, 0.2) is 11.8 Å². The molecule has 0 atom stereocenters. The van der Waals surface area contributed by atoms with Gasteiger partial charge >= 0.3 is 0 Å². The van der Waals surface area contributed by atoms with E-state index in [2.05, 4.69) is 25.4 Å². The molecule has 2 aromatic rings. The molecule has 3 N–H and O–H groups in total. The van der Waals surface area contributed by atoms with Gasteiger partial charge in [-0.05, 0) is 26.0 Å². The second-order valence-corrected chi connectivity index (χ2v) is 4.55. The van der Waals surface area contributed by atoms with Crippen LogP contribution in [0.5, 0.6) is 0 Å². The molecule has 0 amide bonds. The van der Waals surface area contributed by atoms with Crippen LogP contribution in [0.25, 0.3) is 11.6 Å². The second kappa shape index (κ2) is 6.65. The summed E-state index contributed by atoms with van der Waals surface area (Å²) in [6.07, 6.45) is 2.25. The van der Waals surface area contributed by atoms with Crippen molar-refractivity contribution in [2.24, 2.45) is 10.7 Å². The molecule has 106 valence electrons. The summed E-state index contributed by atoms with van der Waals surface area (Å²) in [5, 5.41) is 6.91. The number of hydrogen-bond acceptors (Lipinski definition) is 5. The van der Waals surface area contributed by atoms with Crippen molar-refractivity contribution in [3.8, 4) is 11.6 Å². The Bertz CT molecular complexity index is 563. The summed E-state index contributed by atoms with van der Waals surface area (Å²) < 4.78 is 5.15. The highest BCUT2D eigenvalue weighted by atomic mass is 16.5. The van der Waals surface area contributed by atoms with Crippen LogP contribution in [0.2, 0.25) is 0 Å². The number of nitrogens with two attached hydrogens (primary N) is 1. The molecule has 0 aliphatic rings. The zero-order valence-corrected chi connectivity index (χ0v) is 11.6. The van der Waals surface area contributed by atoms with E-state index in [1.807, 2.05) is 32.0 Å². The predicted molar refractivity (Wildman–Crippen MR) is 76.0 cm³/mol. The first-order valence-corrected chi connectivity index (χ1v) is 6.45. The molecule has 0 saturated carbocycles. The van der Waals surface area contributed by atoms with Gasteiger partial charge in [0, 0.05) is 25.2 Å². The van der Waals surface area contributed by atoms with E-state index in [9.17, 15) is 0 Å². The Morgan fingerprint density at radius 1 is 1.45 bits per heavy atom. The van der Waals surface area contributed by atoms with Crippen LogP contribution in [-0.4, -0.2) is 33.7 Å². The normalized spacial score (nSPS) is 11.8. The van der Waals surface area contributed by atoms with Crippen LogP contribution in [0.3, 0.4) is 0 Å². The van der Waals surface area contributed by atoms with Crippen LogP contribution in [-0.2, 0) is 6.42 Å². The molecule has 0 saturated heterocycles. The van der Waals surface area contributed by atoms with Crippen LogP contribution in [0.1, 0.15) is 19.7 Å². The fraction of sp³-hybridized carbons (Fsp3) is 0.385. The highest BCUT2D eigenvalue weighted by molar-refractivity contribution is 5.78. The molecule has 0 aromatic carbocycles. The standard InChI is InChI=1S/C13H18N6O/c1-9(2)17-13(14)16-8-6-11-18-12(20-19-11)10-5-3-4-7-15-10/h3-5,7,9H,6,8H2,1-2H3,(H3,14,16,17). The monoisotopic (exact) mass is 274 g/mol. The fourth-order valence-corrected chi connectivity index (χ4v) is 1.57. The maximum Gasteiger partial charge on any atom is 0.276 e. The van der Waals surface area contributed by atoms with Crippen LogP contribution in [0.4, 0.5) is 0 Å². The van der Waals surface area contributed by atoms with Crippen molar-refractivity contribution in [1.82, 2.24) is 20.4 Å². The summed E-state index contributed by atoms with van der Waals surface area (Å²) in [6.45, 7) is 4.51. The molecule has 0 spiro atoms. The first-order chi connectivity index (χ1) is 9.65. The van der Waals surface area contributed by atoms with Crippen LogP contribution in [0.15, 0.2) is 33.9 Å². The number of nitrogens with zero attached hydrogens (tertiary/aromatic N) is 4. The second-order valence-electron chi connectivity index (χ2n) is 4.55. The first-order valence-electron chi connectivity index (χ1n) is 6.45. The summed E-state index contributed by atoms with van der Waals surface area (Å²) in [5.41, 5.74) is 6.36. The van der Waals surface area contributed by atoms with Gasteiger partial charge in [0.05, 0.1) is 0 Å². The van der Waals surface area contributed by atoms with Gasteiger partial charge in [0.1, 0.15) is 5.69 Å². The van der Waals surface area contributed by atoms with E-state index in [-0.39, 0.29) is 6.04 Å². The Morgan fingerprint density at radius 2 is 2.30 bits per heavy atom. The molecule has 0 aliphatic heterocycles. The Labute approximate surface area is 117 Å². The van der Waals surface area contributed by atoms with Crippen molar-refractivity contribution >= 4 is 5.96 Å². The molecule has 2 heterocycles. The third kappa shape index (κ3) is 4.04. The molecule has 0 fully saturated rings. The van der Waals surface area contributed by atoms with Crippen LogP contribution in [0, 0.1) is 0 Å². The average Bonchev–Trinajstić information content (AvgIpc) is 2.88. The summed E-state index contributed by atoms with van der Waals surface area (Å²) >= 11 is 0. The molecule has 20 heavy (non-hydrogen) atoms. The quantitative estimate of drug-likeness (QED) is 0.622. The number of aromatic nitrogens is 3. The molecular weight excluding hydrogens is 256 g/mol. The van der Waals surface area contributed by atoms with Crippen LogP contribution < -0.4 is 11.1 Å². The van der Waals surface area contributed by atoms with Gasteiger partial charge in [-0.15, -0.1) is 0 Å². The van der Waals surface area contributed by atoms with Gasteiger partial charge in [-0.2, -0.15) is 4.98 Å². The molecule has 2 rings (SSSR count). The van der Waals surface area contributed by atoms with Gasteiger partial charge in [-0.3, -0.25) is 9.98 Å². The number of guanidine groups is 1. The molecule has 7 nitrogen and oxygen atoms in total. The van der Waals surface area contributed by atoms with Gasteiger partial charge < -0.3 is 15.6 Å². The number of hydrogen-bond donors (Lipinski definition) is 2. The van der Waals surface area contributed by atoms with E-state index in [1.165, 1.54) is 0 Å². The van der Waals surface area contributed by atoms with Crippen molar-refractivity contribution < 1.29 is 4.52 Å². The van der Waals surface area contributed by atoms with Crippen molar-refractivity contribution in [2.75, 3.05) is 6.54 Å². The Hall–Kier alpha value is -2.44. The minimum absolute atomic E-state index is 0.264.